The van der Waals surface area contributed by atoms with E-state index in [-0.39, 0.29) is 5.41 Å². The van der Waals surface area contributed by atoms with E-state index in [2.05, 4.69) is 42.5 Å². The quantitative estimate of drug-likeness (QED) is 0.355. The van der Waals surface area contributed by atoms with Gasteiger partial charge in [0.15, 0.2) is 5.65 Å². The molecule has 6 heteroatoms. The van der Waals surface area contributed by atoms with Crippen molar-refractivity contribution in [3.63, 3.8) is 0 Å². The highest BCUT2D eigenvalue weighted by atomic mass is 35.5. The SMILES string of the molecule is Cc1nn2c(-n3cnc4ccccc43)cc(C(C)(C)C)nc2c1-c1ccc(Cl)cc1. The number of nitrogens with zero attached hydrogens (tertiary/aromatic N) is 5. The van der Waals surface area contributed by atoms with Crippen molar-refractivity contribution in [1.82, 2.24) is 24.1 Å². The Bertz CT molecular complexity index is 1390. The van der Waals surface area contributed by atoms with Gasteiger partial charge in [-0.25, -0.2) is 9.97 Å². The highest BCUT2D eigenvalue weighted by Crippen LogP contribution is 2.32. The molecule has 5 rings (SSSR count). The molecule has 0 saturated heterocycles. The van der Waals surface area contributed by atoms with Crippen molar-refractivity contribution in [3.8, 4) is 16.9 Å². The third kappa shape index (κ3) is 2.97. The first-order chi connectivity index (χ1) is 14.3. The zero-order valence-electron chi connectivity index (χ0n) is 17.4. The number of hydrogen-bond acceptors (Lipinski definition) is 3. The lowest BCUT2D eigenvalue weighted by Crippen LogP contribution is -2.16. The van der Waals surface area contributed by atoms with Gasteiger partial charge in [-0.3, -0.25) is 4.57 Å². The molecule has 5 nitrogen and oxygen atoms in total. The van der Waals surface area contributed by atoms with Crippen molar-refractivity contribution in [2.75, 3.05) is 0 Å². The predicted molar refractivity (Wildman–Crippen MR) is 121 cm³/mol. The van der Waals surface area contributed by atoms with Crippen molar-refractivity contribution in [1.29, 1.82) is 0 Å². The topological polar surface area (TPSA) is 48.0 Å². The van der Waals surface area contributed by atoms with E-state index in [0.29, 0.717) is 5.02 Å². The van der Waals surface area contributed by atoms with Gasteiger partial charge < -0.3 is 0 Å². The minimum absolute atomic E-state index is 0.123. The molecule has 3 heterocycles. The lowest BCUT2D eigenvalue weighted by atomic mass is 9.92. The minimum atomic E-state index is -0.123. The van der Waals surface area contributed by atoms with E-state index in [0.717, 1.165) is 45.0 Å². The lowest BCUT2D eigenvalue weighted by molar-refractivity contribution is 0.567. The normalized spacial score (nSPS) is 12.2. The smallest absolute Gasteiger partial charge is 0.165 e. The summed E-state index contributed by atoms with van der Waals surface area (Å²) in [6, 6.07) is 18.1. The second-order valence-electron chi connectivity index (χ2n) is 8.56. The van der Waals surface area contributed by atoms with Gasteiger partial charge in [0.05, 0.1) is 22.4 Å². The monoisotopic (exact) mass is 415 g/mol. The van der Waals surface area contributed by atoms with E-state index in [1.807, 2.05) is 60.2 Å². The van der Waals surface area contributed by atoms with Crippen molar-refractivity contribution in [3.05, 3.63) is 77.3 Å². The first-order valence-corrected chi connectivity index (χ1v) is 10.3. The molecule has 5 aromatic rings. The van der Waals surface area contributed by atoms with Crippen molar-refractivity contribution in [2.45, 2.75) is 33.1 Å². The van der Waals surface area contributed by atoms with Gasteiger partial charge >= 0.3 is 0 Å². The molecule has 0 aliphatic rings. The average molecular weight is 416 g/mol. The molecule has 2 aromatic carbocycles. The lowest BCUT2D eigenvalue weighted by Gasteiger charge is -2.20. The van der Waals surface area contributed by atoms with E-state index < -0.39 is 0 Å². The number of fused-ring (bicyclic) bond motifs is 2. The van der Waals surface area contributed by atoms with Crippen LogP contribution < -0.4 is 0 Å². The van der Waals surface area contributed by atoms with Gasteiger partial charge in [0.25, 0.3) is 0 Å². The van der Waals surface area contributed by atoms with E-state index in [1.54, 1.807) is 0 Å². The fourth-order valence-electron chi connectivity index (χ4n) is 3.76. The van der Waals surface area contributed by atoms with Crippen LogP contribution in [0.5, 0.6) is 0 Å². The highest BCUT2D eigenvalue weighted by Gasteiger charge is 2.23. The van der Waals surface area contributed by atoms with E-state index in [9.17, 15) is 0 Å². The number of aromatic nitrogens is 5. The van der Waals surface area contributed by atoms with Gasteiger partial charge in [0.2, 0.25) is 0 Å². The van der Waals surface area contributed by atoms with E-state index in [4.69, 9.17) is 21.7 Å². The van der Waals surface area contributed by atoms with Crippen LogP contribution >= 0.6 is 11.6 Å². The summed E-state index contributed by atoms with van der Waals surface area (Å²) in [5.41, 5.74) is 6.67. The van der Waals surface area contributed by atoms with Crippen LogP contribution in [0, 0.1) is 6.92 Å². The summed E-state index contributed by atoms with van der Waals surface area (Å²) in [6.07, 6.45) is 1.85. The second-order valence-corrected chi connectivity index (χ2v) is 8.99. The summed E-state index contributed by atoms with van der Waals surface area (Å²) in [5, 5.41) is 5.58. The molecule has 0 bridgehead atoms. The highest BCUT2D eigenvalue weighted by molar-refractivity contribution is 6.30. The first-order valence-electron chi connectivity index (χ1n) is 9.92. The molecule has 0 radical (unpaired) electrons. The Morgan fingerprint density at radius 3 is 2.43 bits per heavy atom. The van der Waals surface area contributed by atoms with Crippen molar-refractivity contribution >= 4 is 28.3 Å². The number of hydrogen-bond donors (Lipinski definition) is 0. The van der Waals surface area contributed by atoms with Crippen LogP contribution in [0.2, 0.25) is 5.02 Å². The van der Waals surface area contributed by atoms with Gasteiger partial charge in [-0.1, -0.05) is 56.6 Å². The summed E-state index contributed by atoms with van der Waals surface area (Å²) in [7, 11) is 0. The maximum atomic E-state index is 6.12. The summed E-state index contributed by atoms with van der Waals surface area (Å²) < 4.78 is 4.00. The Morgan fingerprint density at radius 1 is 0.967 bits per heavy atom. The van der Waals surface area contributed by atoms with E-state index in [1.165, 1.54) is 0 Å². The minimum Gasteiger partial charge on any atom is -0.283 e. The zero-order valence-corrected chi connectivity index (χ0v) is 18.1. The van der Waals surface area contributed by atoms with Crippen LogP contribution in [0.15, 0.2) is 60.9 Å². The summed E-state index contributed by atoms with van der Waals surface area (Å²) in [6.45, 7) is 8.54. The number of halogens is 1. The Labute approximate surface area is 180 Å². The van der Waals surface area contributed by atoms with Gasteiger partial charge in [-0.05, 0) is 36.8 Å². The average Bonchev–Trinajstić information content (AvgIpc) is 3.28. The van der Waals surface area contributed by atoms with Crippen LogP contribution in [0.4, 0.5) is 0 Å². The Balaban J connectivity index is 1.87. The van der Waals surface area contributed by atoms with Crippen LogP contribution in [0.1, 0.15) is 32.2 Å². The van der Waals surface area contributed by atoms with Crippen molar-refractivity contribution < 1.29 is 0 Å². The van der Waals surface area contributed by atoms with Crippen LogP contribution in [-0.4, -0.2) is 24.1 Å². The summed E-state index contributed by atoms with van der Waals surface area (Å²) >= 11 is 6.12. The van der Waals surface area contributed by atoms with E-state index >= 15 is 0 Å². The third-order valence-electron chi connectivity index (χ3n) is 5.35. The number of rotatable bonds is 2. The van der Waals surface area contributed by atoms with Gasteiger partial charge in [0.1, 0.15) is 12.1 Å². The standard InChI is InChI=1S/C24H22ClN5/c1-15-22(16-9-11-17(25)12-10-16)23-27-20(24(2,3)4)13-21(30(23)28-15)29-14-26-18-7-5-6-8-19(18)29/h5-14H,1-4H3. The molecule has 0 aliphatic heterocycles. The molecule has 3 aromatic heterocycles. The Hall–Kier alpha value is -3.18. The molecule has 30 heavy (non-hydrogen) atoms. The predicted octanol–water partition coefficient (Wildman–Crippen LogP) is 5.99. The number of benzene rings is 2. The van der Waals surface area contributed by atoms with Gasteiger partial charge in [0, 0.05) is 22.1 Å². The third-order valence-corrected chi connectivity index (χ3v) is 5.60. The van der Waals surface area contributed by atoms with Gasteiger partial charge in [-0.2, -0.15) is 9.61 Å². The maximum Gasteiger partial charge on any atom is 0.165 e. The molecule has 0 fully saturated rings. The van der Waals surface area contributed by atoms with Gasteiger partial charge in [-0.15, -0.1) is 0 Å². The number of aryl methyl sites for hydroxylation is 1. The molecule has 0 amide bonds. The molecule has 0 aliphatic carbocycles. The molecule has 150 valence electrons. The summed E-state index contributed by atoms with van der Waals surface area (Å²) in [5.74, 6) is 0.918. The number of imidazole rings is 1. The largest absolute Gasteiger partial charge is 0.283 e. The van der Waals surface area contributed by atoms with Crippen LogP contribution in [0.3, 0.4) is 0 Å². The Morgan fingerprint density at radius 2 is 1.70 bits per heavy atom. The number of para-hydroxylation sites is 2. The molecule has 0 N–H and O–H groups in total. The summed E-state index contributed by atoms with van der Waals surface area (Å²) in [4.78, 5) is 9.63. The second kappa shape index (κ2) is 6.67. The maximum absolute atomic E-state index is 6.12. The first kappa shape index (κ1) is 18.8. The molecule has 0 saturated carbocycles. The Kier molecular flexibility index (Phi) is 4.19. The molecular weight excluding hydrogens is 394 g/mol. The zero-order chi connectivity index (χ0) is 21.0. The molecule has 0 spiro atoms. The molecule has 0 unspecified atom stereocenters. The fraction of sp³-hybridized carbons (Fsp3) is 0.208. The van der Waals surface area contributed by atoms with Crippen LogP contribution in [0.25, 0.3) is 33.6 Å². The molecular formula is C24H22ClN5. The molecule has 0 atom stereocenters. The van der Waals surface area contributed by atoms with Crippen LogP contribution in [-0.2, 0) is 5.41 Å². The fourth-order valence-corrected chi connectivity index (χ4v) is 3.89. The van der Waals surface area contributed by atoms with Crippen molar-refractivity contribution in [2.24, 2.45) is 0 Å².